The zero-order chi connectivity index (χ0) is 23.9. The minimum Gasteiger partial charge on any atom is -0.441 e. The van der Waals surface area contributed by atoms with Crippen LogP contribution in [0.1, 0.15) is 35.5 Å². The number of primary amides is 1. The van der Waals surface area contributed by atoms with Crippen molar-refractivity contribution >= 4 is 17.8 Å². The van der Waals surface area contributed by atoms with E-state index >= 15 is 0 Å². The fraction of sp³-hybridized carbons (Fsp3) is 0.348. The third-order valence-electron chi connectivity index (χ3n) is 5.70. The van der Waals surface area contributed by atoms with E-state index in [1.165, 1.54) is 18.2 Å². The lowest BCUT2D eigenvalue weighted by atomic mass is 9.93. The van der Waals surface area contributed by atoms with E-state index in [4.69, 9.17) is 15.0 Å². The first-order valence-electron chi connectivity index (χ1n) is 11.0. The van der Waals surface area contributed by atoms with Crippen molar-refractivity contribution in [2.24, 2.45) is 11.7 Å². The lowest BCUT2D eigenvalue weighted by molar-refractivity contribution is 0.0989. The summed E-state index contributed by atoms with van der Waals surface area (Å²) in [5.41, 5.74) is 6.60. The molecule has 1 aliphatic rings. The molecule has 34 heavy (non-hydrogen) atoms. The smallest absolute Gasteiger partial charge is 0.407 e. The van der Waals surface area contributed by atoms with E-state index in [-0.39, 0.29) is 23.9 Å². The number of amides is 2. The number of piperidine rings is 1. The average Bonchev–Trinajstić information content (AvgIpc) is 3.34. The van der Waals surface area contributed by atoms with Crippen LogP contribution in [-0.2, 0) is 11.3 Å². The molecular formula is C23H25FN6O4. The number of nitrogens with one attached hydrogen (secondary N) is 1. The molecule has 0 saturated carbocycles. The molecule has 10 nitrogen and oxygen atoms in total. The van der Waals surface area contributed by atoms with Gasteiger partial charge in [-0.3, -0.25) is 9.78 Å². The standard InChI is InChI=1S/C23H25FN6O4/c24-17-3-1-16(2-4-17)20-12-28-21(13-27-20)30-9-6-15(7-10-30)5-8-26-23(32)33-14-18-11-19(22(25)31)29-34-18/h1-4,11-13,15H,5-10,14H2,(H2,25,31)(H,26,32). The zero-order valence-corrected chi connectivity index (χ0v) is 18.4. The number of nitrogens with two attached hydrogens (primary N) is 1. The molecule has 3 N–H and O–H groups in total. The van der Waals surface area contributed by atoms with Gasteiger partial charge in [0.25, 0.3) is 5.91 Å². The summed E-state index contributed by atoms with van der Waals surface area (Å²) >= 11 is 0. The van der Waals surface area contributed by atoms with E-state index in [2.05, 4.69) is 25.3 Å². The molecule has 1 aromatic carbocycles. The molecule has 2 amide bonds. The molecule has 2 aromatic heterocycles. The Balaban J connectivity index is 1.15. The van der Waals surface area contributed by atoms with Gasteiger partial charge in [-0.25, -0.2) is 14.2 Å². The lowest BCUT2D eigenvalue weighted by Crippen LogP contribution is -2.35. The lowest BCUT2D eigenvalue weighted by Gasteiger charge is -2.32. The molecule has 1 aliphatic heterocycles. The predicted octanol–water partition coefficient (Wildman–Crippen LogP) is 2.90. The molecule has 0 bridgehead atoms. The Morgan fingerprint density at radius 2 is 1.94 bits per heavy atom. The summed E-state index contributed by atoms with van der Waals surface area (Å²) in [7, 11) is 0. The molecular weight excluding hydrogens is 443 g/mol. The van der Waals surface area contributed by atoms with E-state index in [1.54, 1.807) is 24.5 Å². The third-order valence-corrected chi connectivity index (χ3v) is 5.70. The number of benzene rings is 1. The van der Waals surface area contributed by atoms with Crippen LogP contribution in [0, 0.1) is 11.7 Å². The molecule has 0 spiro atoms. The molecule has 11 heteroatoms. The summed E-state index contributed by atoms with van der Waals surface area (Å²) in [6.07, 6.45) is 5.69. The number of carbonyl (C=O) groups excluding carboxylic acids is 2. The van der Waals surface area contributed by atoms with Crippen LogP contribution in [0.25, 0.3) is 11.3 Å². The Morgan fingerprint density at radius 3 is 2.59 bits per heavy atom. The topological polar surface area (TPSA) is 136 Å². The van der Waals surface area contributed by atoms with Crippen molar-refractivity contribution in [2.75, 3.05) is 24.5 Å². The molecule has 1 saturated heterocycles. The van der Waals surface area contributed by atoms with Crippen LogP contribution in [0.5, 0.6) is 0 Å². The van der Waals surface area contributed by atoms with Crippen molar-refractivity contribution in [3.63, 3.8) is 0 Å². The van der Waals surface area contributed by atoms with Gasteiger partial charge in [0.15, 0.2) is 18.1 Å². The maximum absolute atomic E-state index is 13.1. The van der Waals surface area contributed by atoms with Gasteiger partial charge >= 0.3 is 6.09 Å². The zero-order valence-electron chi connectivity index (χ0n) is 18.4. The first-order chi connectivity index (χ1) is 16.5. The Morgan fingerprint density at radius 1 is 1.18 bits per heavy atom. The fourth-order valence-electron chi connectivity index (χ4n) is 3.77. The van der Waals surface area contributed by atoms with E-state index in [9.17, 15) is 14.0 Å². The Kier molecular flexibility index (Phi) is 7.31. The molecule has 4 rings (SSSR count). The van der Waals surface area contributed by atoms with Gasteiger partial charge in [0, 0.05) is 31.3 Å². The van der Waals surface area contributed by atoms with Gasteiger partial charge < -0.3 is 25.2 Å². The first-order valence-corrected chi connectivity index (χ1v) is 11.0. The van der Waals surface area contributed by atoms with Crippen molar-refractivity contribution in [3.05, 3.63) is 60.0 Å². The number of nitrogens with zero attached hydrogens (tertiary/aromatic N) is 4. The monoisotopic (exact) mass is 468 g/mol. The fourth-order valence-corrected chi connectivity index (χ4v) is 3.77. The summed E-state index contributed by atoms with van der Waals surface area (Å²) in [5.74, 6) is 0.549. The summed E-state index contributed by atoms with van der Waals surface area (Å²) in [6, 6.07) is 7.51. The second-order valence-corrected chi connectivity index (χ2v) is 8.03. The predicted molar refractivity (Wildman–Crippen MR) is 120 cm³/mol. The van der Waals surface area contributed by atoms with Crippen molar-refractivity contribution in [1.82, 2.24) is 20.4 Å². The molecule has 0 radical (unpaired) electrons. The van der Waals surface area contributed by atoms with Crippen molar-refractivity contribution < 1.29 is 23.2 Å². The normalized spacial score (nSPS) is 14.1. The van der Waals surface area contributed by atoms with Crippen LogP contribution in [0.4, 0.5) is 15.0 Å². The van der Waals surface area contributed by atoms with Crippen LogP contribution in [0.3, 0.4) is 0 Å². The molecule has 3 aromatic rings. The SMILES string of the molecule is NC(=O)c1cc(COC(=O)NCCC2CCN(c3cnc(-c4ccc(F)cc4)cn3)CC2)on1. The van der Waals surface area contributed by atoms with Crippen molar-refractivity contribution in [3.8, 4) is 11.3 Å². The molecule has 1 fully saturated rings. The van der Waals surface area contributed by atoms with Gasteiger partial charge in [-0.15, -0.1) is 0 Å². The van der Waals surface area contributed by atoms with Gasteiger partial charge in [0.1, 0.15) is 11.6 Å². The van der Waals surface area contributed by atoms with Gasteiger partial charge in [-0.2, -0.15) is 0 Å². The van der Waals surface area contributed by atoms with Crippen LogP contribution in [0.2, 0.25) is 0 Å². The average molecular weight is 468 g/mol. The molecule has 0 aliphatic carbocycles. The highest BCUT2D eigenvalue weighted by Crippen LogP contribution is 2.24. The second-order valence-electron chi connectivity index (χ2n) is 8.03. The van der Waals surface area contributed by atoms with Gasteiger partial charge in [-0.05, 0) is 49.4 Å². The van der Waals surface area contributed by atoms with Crippen LogP contribution in [0.15, 0.2) is 47.2 Å². The number of ether oxygens (including phenoxy) is 1. The first kappa shape index (κ1) is 23.1. The summed E-state index contributed by atoms with van der Waals surface area (Å²) in [6.45, 7) is 2.07. The number of hydrogen-bond acceptors (Lipinski definition) is 8. The number of rotatable bonds is 8. The highest BCUT2D eigenvalue weighted by atomic mass is 19.1. The summed E-state index contributed by atoms with van der Waals surface area (Å²) in [4.78, 5) is 34.0. The number of anilines is 1. The quantitative estimate of drug-likeness (QED) is 0.515. The number of aromatic nitrogens is 3. The van der Waals surface area contributed by atoms with E-state index in [1.807, 2.05) is 0 Å². The Labute approximate surface area is 195 Å². The highest BCUT2D eigenvalue weighted by molar-refractivity contribution is 5.90. The maximum atomic E-state index is 13.1. The molecule has 0 atom stereocenters. The van der Waals surface area contributed by atoms with Gasteiger partial charge in [0.05, 0.1) is 18.1 Å². The largest absolute Gasteiger partial charge is 0.441 e. The molecule has 178 valence electrons. The van der Waals surface area contributed by atoms with Crippen molar-refractivity contribution in [1.29, 1.82) is 0 Å². The molecule has 3 heterocycles. The minimum atomic E-state index is -0.709. The number of alkyl carbamates (subject to hydrolysis) is 1. The summed E-state index contributed by atoms with van der Waals surface area (Å²) in [5, 5.41) is 6.20. The minimum absolute atomic E-state index is 0.0137. The van der Waals surface area contributed by atoms with Crippen LogP contribution >= 0.6 is 0 Å². The van der Waals surface area contributed by atoms with Gasteiger partial charge in [0.2, 0.25) is 0 Å². The van der Waals surface area contributed by atoms with Crippen LogP contribution in [-0.4, -0.2) is 46.8 Å². The maximum Gasteiger partial charge on any atom is 0.407 e. The Hall–Kier alpha value is -4.02. The van der Waals surface area contributed by atoms with E-state index in [0.717, 1.165) is 43.7 Å². The number of halogens is 1. The highest BCUT2D eigenvalue weighted by Gasteiger charge is 2.20. The van der Waals surface area contributed by atoms with Gasteiger partial charge in [-0.1, -0.05) is 5.16 Å². The number of hydrogen-bond donors (Lipinski definition) is 2. The van der Waals surface area contributed by atoms with E-state index < -0.39 is 12.0 Å². The van der Waals surface area contributed by atoms with Crippen molar-refractivity contribution in [2.45, 2.75) is 25.9 Å². The summed E-state index contributed by atoms with van der Waals surface area (Å²) < 4.78 is 23.0. The molecule has 0 unspecified atom stereocenters. The second kappa shape index (κ2) is 10.7. The van der Waals surface area contributed by atoms with E-state index in [0.29, 0.717) is 18.2 Å². The number of carbonyl (C=O) groups is 2. The Bertz CT molecular complexity index is 1110. The van der Waals surface area contributed by atoms with Crippen LogP contribution < -0.4 is 16.0 Å². The third kappa shape index (κ3) is 6.06.